The zero-order valence-corrected chi connectivity index (χ0v) is 10.9. The molecule has 0 saturated carbocycles. The van der Waals surface area contributed by atoms with E-state index < -0.39 is 0 Å². The first-order valence-electron chi connectivity index (χ1n) is 5.73. The van der Waals surface area contributed by atoms with Gasteiger partial charge in [-0.05, 0) is 18.2 Å². The SMILES string of the molecule is O=C(Nc1cccc(Cl)c1-n1cncn1)c1ccoc1. The number of halogens is 1. The molecule has 0 aliphatic rings. The van der Waals surface area contributed by atoms with Crippen LogP contribution in [-0.4, -0.2) is 20.7 Å². The van der Waals surface area contributed by atoms with E-state index in [0.29, 0.717) is 22.0 Å². The second-order valence-corrected chi connectivity index (χ2v) is 4.35. The van der Waals surface area contributed by atoms with Crippen molar-refractivity contribution in [1.29, 1.82) is 0 Å². The van der Waals surface area contributed by atoms with E-state index in [-0.39, 0.29) is 5.91 Å². The first-order valence-corrected chi connectivity index (χ1v) is 6.10. The number of benzene rings is 1. The van der Waals surface area contributed by atoms with Crippen LogP contribution < -0.4 is 5.32 Å². The lowest BCUT2D eigenvalue weighted by molar-refractivity contribution is 0.102. The summed E-state index contributed by atoms with van der Waals surface area (Å²) in [5.41, 5.74) is 1.52. The van der Waals surface area contributed by atoms with Gasteiger partial charge in [0, 0.05) is 0 Å². The average Bonchev–Trinajstić information content (AvgIpc) is 3.12. The summed E-state index contributed by atoms with van der Waals surface area (Å²) < 4.78 is 6.38. The van der Waals surface area contributed by atoms with Crippen molar-refractivity contribution in [3.8, 4) is 5.69 Å². The molecule has 1 aromatic carbocycles. The lowest BCUT2D eigenvalue weighted by Gasteiger charge is -2.11. The van der Waals surface area contributed by atoms with E-state index in [1.165, 1.54) is 29.9 Å². The van der Waals surface area contributed by atoms with Gasteiger partial charge in [-0.3, -0.25) is 4.79 Å². The standard InChI is InChI=1S/C13H9ClN4O2/c14-10-2-1-3-11(12(10)18-8-15-7-16-18)17-13(19)9-4-5-20-6-9/h1-8H,(H,17,19). The lowest BCUT2D eigenvalue weighted by Crippen LogP contribution is -2.13. The third-order valence-electron chi connectivity index (χ3n) is 2.67. The number of amides is 1. The summed E-state index contributed by atoms with van der Waals surface area (Å²) in [7, 11) is 0. The molecule has 20 heavy (non-hydrogen) atoms. The van der Waals surface area contributed by atoms with E-state index in [2.05, 4.69) is 15.4 Å². The van der Waals surface area contributed by atoms with Crippen LogP contribution in [-0.2, 0) is 0 Å². The van der Waals surface area contributed by atoms with Gasteiger partial charge in [-0.15, -0.1) is 0 Å². The molecule has 1 amide bonds. The van der Waals surface area contributed by atoms with E-state index in [4.69, 9.17) is 16.0 Å². The fourth-order valence-electron chi connectivity index (χ4n) is 1.76. The molecule has 1 N–H and O–H groups in total. The molecule has 3 rings (SSSR count). The van der Waals surface area contributed by atoms with Gasteiger partial charge in [0.15, 0.2) is 0 Å². The summed E-state index contributed by atoms with van der Waals surface area (Å²) in [4.78, 5) is 15.9. The summed E-state index contributed by atoms with van der Waals surface area (Å²) in [6.45, 7) is 0. The van der Waals surface area contributed by atoms with Gasteiger partial charge >= 0.3 is 0 Å². The van der Waals surface area contributed by atoms with Crippen LogP contribution in [0.3, 0.4) is 0 Å². The average molecular weight is 289 g/mol. The van der Waals surface area contributed by atoms with Gasteiger partial charge in [-0.2, -0.15) is 5.10 Å². The third kappa shape index (κ3) is 2.28. The highest BCUT2D eigenvalue weighted by atomic mass is 35.5. The molecule has 0 radical (unpaired) electrons. The fraction of sp³-hybridized carbons (Fsp3) is 0. The zero-order valence-electron chi connectivity index (χ0n) is 10.2. The monoisotopic (exact) mass is 288 g/mol. The van der Waals surface area contributed by atoms with Crippen molar-refractivity contribution in [3.63, 3.8) is 0 Å². The number of nitrogens with one attached hydrogen (secondary N) is 1. The summed E-state index contributed by atoms with van der Waals surface area (Å²) in [5, 5.41) is 7.26. The van der Waals surface area contributed by atoms with Crippen molar-refractivity contribution >= 4 is 23.2 Å². The van der Waals surface area contributed by atoms with Gasteiger partial charge in [-0.25, -0.2) is 9.67 Å². The number of carbonyl (C=O) groups excluding carboxylic acids is 1. The number of rotatable bonds is 3. The molecule has 6 nitrogen and oxygen atoms in total. The minimum Gasteiger partial charge on any atom is -0.472 e. The van der Waals surface area contributed by atoms with Gasteiger partial charge in [-0.1, -0.05) is 17.7 Å². The molecule has 2 aromatic heterocycles. The number of anilines is 1. The Bertz CT molecular complexity index is 723. The zero-order chi connectivity index (χ0) is 13.9. The van der Waals surface area contributed by atoms with Crippen molar-refractivity contribution in [2.75, 3.05) is 5.32 Å². The number of nitrogens with zero attached hydrogens (tertiary/aromatic N) is 3. The number of para-hydroxylation sites is 1. The maximum atomic E-state index is 12.0. The quantitative estimate of drug-likeness (QED) is 0.804. The van der Waals surface area contributed by atoms with Crippen LogP contribution in [0.4, 0.5) is 5.69 Å². The highest BCUT2D eigenvalue weighted by Crippen LogP contribution is 2.28. The van der Waals surface area contributed by atoms with Crippen molar-refractivity contribution < 1.29 is 9.21 Å². The van der Waals surface area contributed by atoms with Crippen LogP contribution in [0.25, 0.3) is 5.69 Å². The Kier molecular flexibility index (Phi) is 3.22. The fourth-order valence-corrected chi connectivity index (χ4v) is 2.02. The molecule has 3 aromatic rings. The molecule has 0 unspecified atom stereocenters. The minimum atomic E-state index is -0.289. The second-order valence-electron chi connectivity index (χ2n) is 3.94. The van der Waals surface area contributed by atoms with Gasteiger partial charge in [0.05, 0.1) is 22.5 Å². The van der Waals surface area contributed by atoms with E-state index in [1.54, 1.807) is 24.3 Å². The Morgan fingerprint density at radius 3 is 2.95 bits per heavy atom. The van der Waals surface area contributed by atoms with Crippen LogP contribution in [0, 0.1) is 0 Å². The molecular weight excluding hydrogens is 280 g/mol. The molecular formula is C13H9ClN4O2. The van der Waals surface area contributed by atoms with Crippen LogP contribution >= 0.6 is 11.6 Å². The number of carbonyl (C=O) groups is 1. The summed E-state index contributed by atoms with van der Waals surface area (Å²) in [6, 6.07) is 6.77. The predicted octanol–water partition coefficient (Wildman–Crippen LogP) is 2.77. The predicted molar refractivity (Wildman–Crippen MR) is 73.0 cm³/mol. The maximum Gasteiger partial charge on any atom is 0.258 e. The van der Waals surface area contributed by atoms with E-state index >= 15 is 0 Å². The van der Waals surface area contributed by atoms with Crippen molar-refractivity contribution in [2.24, 2.45) is 0 Å². The molecule has 0 spiro atoms. The Labute approximate surface area is 119 Å². The normalized spacial score (nSPS) is 10.4. The summed E-state index contributed by atoms with van der Waals surface area (Å²) >= 11 is 6.17. The Balaban J connectivity index is 1.98. The largest absolute Gasteiger partial charge is 0.472 e. The Morgan fingerprint density at radius 1 is 1.35 bits per heavy atom. The van der Waals surface area contributed by atoms with Gasteiger partial charge < -0.3 is 9.73 Å². The summed E-state index contributed by atoms with van der Waals surface area (Å²) in [6.07, 6.45) is 5.71. The first-order chi connectivity index (χ1) is 9.75. The van der Waals surface area contributed by atoms with Crippen molar-refractivity contribution in [1.82, 2.24) is 14.8 Å². The highest BCUT2D eigenvalue weighted by molar-refractivity contribution is 6.33. The van der Waals surface area contributed by atoms with Gasteiger partial charge in [0.25, 0.3) is 5.91 Å². The lowest BCUT2D eigenvalue weighted by atomic mass is 10.2. The van der Waals surface area contributed by atoms with E-state index in [9.17, 15) is 4.79 Å². The number of hydrogen-bond acceptors (Lipinski definition) is 4. The van der Waals surface area contributed by atoms with Crippen LogP contribution in [0.15, 0.2) is 53.9 Å². The van der Waals surface area contributed by atoms with Crippen LogP contribution in [0.2, 0.25) is 5.02 Å². The molecule has 2 heterocycles. The number of hydrogen-bond donors (Lipinski definition) is 1. The smallest absolute Gasteiger partial charge is 0.258 e. The van der Waals surface area contributed by atoms with Crippen LogP contribution in [0.5, 0.6) is 0 Å². The van der Waals surface area contributed by atoms with Crippen molar-refractivity contribution in [2.45, 2.75) is 0 Å². The first kappa shape index (κ1) is 12.4. The number of furan rings is 1. The maximum absolute atomic E-state index is 12.0. The van der Waals surface area contributed by atoms with Crippen molar-refractivity contribution in [3.05, 3.63) is 60.0 Å². The third-order valence-corrected chi connectivity index (χ3v) is 2.97. The molecule has 0 saturated heterocycles. The van der Waals surface area contributed by atoms with Gasteiger partial charge in [0.2, 0.25) is 0 Å². The Morgan fingerprint density at radius 2 is 2.25 bits per heavy atom. The molecule has 0 atom stereocenters. The number of aromatic nitrogens is 3. The van der Waals surface area contributed by atoms with E-state index in [1.807, 2.05) is 0 Å². The van der Waals surface area contributed by atoms with Crippen LogP contribution in [0.1, 0.15) is 10.4 Å². The Hall–Kier alpha value is -2.60. The highest BCUT2D eigenvalue weighted by Gasteiger charge is 2.14. The molecule has 7 heteroatoms. The molecule has 100 valence electrons. The topological polar surface area (TPSA) is 73.0 Å². The summed E-state index contributed by atoms with van der Waals surface area (Å²) in [5.74, 6) is -0.289. The van der Waals surface area contributed by atoms with Gasteiger partial charge in [0.1, 0.15) is 24.6 Å². The minimum absolute atomic E-state index is 0.289. The second kappa shape index (κ2) is 5.18. The molecule has 0 aliphatic carbocycles. The molecule has 0 aliphatic heterocycles. The molecule has 0 fully saturated rings. The molecule has 0 bridgehead atoms. The van der Waals surface area contributed by atoms with E-state index in [0.717, 1.165) is 0 Å².